The van der Waals surface area contributed by atoms with E-state index in [-0.39, 0.29) is 11.6 Å². The molecule has 6 heteroatoms. The zero-order valence-corrected chi connectivity index (χ0v) is 12.3. The van der Waals surface area contributed by atoms with Gasteiger partial charge in [0.25, 0.3) is 5.56 Å². The third-order valence-corrected chi connectivity index (χ3v) is 3.82. The van der Waals surface area contributed by atoms with E-state index in [1.807, 2.05) is 17.0 Å². The molecule has 0 spiro atoms. The number of hydrogen-bond acceptors (Lipinski definition) is 5. The monoisotopic (exact) mass is 289 g/mol. The van der Waals surface area contributed by atoms with Crippen LogP contribution < -0.4 is 10.5 Å². The van der Waals surface area contributed by atoms with Crippen molar-refractivity contribution in [2.75, 3.05) is 18.6 Å². The second-order valence-corrected chi connectivity index (χ2v) is 5.26. The van der Waals surface area contributed by atoms with Gasteiger partial charge in [0.15, 0.2) is 5.82 Å². The van der Waals surface area contributed by atoms with Crippen LogP contribution in [0, 0.1) is 0 Å². The van der Waals surface area contributed by atoms with Gasteiger partial charge in [-0.05, 0) is 25.0 Å². The van der Waals surface area contributed by atoms with Crippen molar-refractivity contribution in [3.05, 3.63) is 46.4 Å². The van der Waals surface area contributed by atoms with Crippen molar-refractivity contribution in [3.8, 4) is 0 Å². The summed E-state index contributed by atoms with van der Waals surface area (Å²) < 4.78 is 12.5. The fourth-order valence-electron chi connectivity index (χ4n) is 2.79. The Labute approximate surface area is 123 Å². The molecule has 1 fully saturated rings. The summed E-state index contributed by atoms with van der Waals surface area (Å²) >= 11 is 0. The molecule has 0 saturated carbocycles. The molecule has 0 aliphatic carbocycles. The van der Waals surface area contributed by atoms with Crippen LogP contribution in [0.25, 0.3) is 0 Å². The number of methoxy groups -OCH3 is 1. The van der Waals surface area contributed by atoms with E-state index in [4.69, 9.17) is 9.15 Å². The van der Waals surface area contributed by atoms with E-state index in [2.05, 4.69) is 4.98 Å². The summed E-state index contributed by atoms with van der Waals surface area (Å²) in [5.41, 5.74) is -0.0759. The van der Waals surface area contributed by atoms with Gasteiger partial charge < -0.3 is 18.6 Å². The predicted octanol–water partition coefficient (Wildman–Crippen LogP) is 1.86. The second-order valence-electron chi connectivity index (χ2n) is 5.26. The van der Waals surface area contributed by atoms with E-state index in [0.29, 0.717) is 12.4 Å². The summed E-state index contributed by atoms with van der Waals surface area (Å²) in [6, 6.07) is 3.95. The molecule has 112 valence electrons. The van der Waals surface area contributed by atoms with E-state index in [9.17, 15) is 4.79 Å². The zero-order valence-electron chi connectivity index (χ0n) is 12.3. The number of anilines is 1. The number of furan rings is 1. The van der Waals surface area contributed by atoms with Gasteiger partial charge in [0, 0.05) is 33.1 Å². The second kappa shape index (κ2) is 5.73. The quantitative estimate of drug-likeness (QED) is 0.860. The smallest absolute Gasteiger partial charge is 0.293 e. The highest BCUT2D eigenvalue weighted by atomic mass is 16.5. The molecular formula is C15H19N3O3. The molecular weight excluding hydrogens is 270 g/mol. The SMILES string of the molecule is COCc1ccc(C2CCCN2c2nccn(C)c2=O)o1. The van der Waals surface area contributed by atoms with Crippen molar-refractivity contribution >= 4 is 5.82 Å². The number of rotatable bonds is 4. The normalized spacial score (nSPS) is 18.4. The minimum atomic E-state index is -0.0759. The van der Waals surface area contributed by atoms with E-state index >= 15 is 0 Å². The highest BCUT2D eigenvalue weighted by molar-refractivity contribution is 5.40. The molecule has 6 nitrogen and oxygen atoms in total. The first-order chi connectivity index (χ1) is 10.2. The van der Waals surface area contributed by atoms with Gasteiger partial charge in [-0.1, -0.05) is 0 Å². The molecule has 0 radical (unpaired) electrons. The maximum absolute atomic E-state index is 12.2. The topological polar surface area (TPSA) is 60.5 Å². The van der Waals surface area contributed by atoms with Gasteiger partial charge in [-0.15, -0.1) is 0 Å². The van der Waals surface area contributed by atoms with Gasteiger partial charge in [-0.2, -0.15) is 0 Å². The fraction of sp³-hybridized carbons (Fsp3) is 0.467. The van der Waals surface area contributed by atoms with Gasteiger partial charge in [0.2, 0.25) is 0 Å². The van der Waals surface area contributed by atoms with Gasteiger partial charge in [0.1, 0.15) is 18.1 Å². The maximum atomic E-state index is 12.2. The van der Waals surface area contributed by atoms with Crippen molar-refractivity contribution in [3.63, 3.8) is 0 Å². The molecule has 1 saturated heterocycles. The Morgan fingerprint density at radius 1 is 1.48 bits per heavy atom. The molecule has 0 aromatic carbocycles. The van der Waals surface area contributed by atoms with Crippen LogP contribution in [0.2, 0.25) is 0 Å². The van der Waals surface area contributed by atoms with Crippen LogP contribution in [-0.4, -0.2) is 23.2 Å². The van der Waals surface area contributed by atoms with Crippen LogP contribution in [0.15, 0.2) is 33.7 Å². The average molecular weight is 289 g/mol. The lowest BCUT2D eigenvalue weighted by Crippen LogP contribution is -2.32. The number of ether oxygens (including phenoxy) is 1. The fourth-order valence-corrected chi connectivity index (χ4v) is 2.79. The van der Waals surface area contributed by atoms with Gasteiger partial charge >= 0.3 is 0 Å². The molecule has 0 N–H and O–H groups in total. The first kappa shape index (κ1) is 13.9. The zero-order chi connectivity index (χ0) is 14.8. The minimum absolute atomic E-state index is 0.0678. The van der Waals surface area contributed by atoms with Crippen LogP contribution >= 0.6 is 0 Å². The standard InChI is InChI=1S/C15H19N3O3/c1-17-9-7-16-14(15(17)19)18-8-3-4-12(18)13-6-5-11(21-13)10-20-2/h5-7,9,12H,3-4,8,10H2,1-2H3. The molecule has 1 unspecified atom stereocenters. The maximum Gasteiger partial charge on any atom is 0.293 e. The average Bonchev–Trinajstić information content (AvgIpc) is 3.10. The summed E-state index contributed by atoms with van der Waals surface area (Å²) in [7, 11) is 3.38. The summed E-state index contributed by atoms with van der Waals surface area (Å²) in [5, 5.41) is 0. The molecule has 2 aromatic rings. The van der Waals surface area contributed by atoms with E-state index in [1.165, 1.54) is 0 Å². The third-order valence-electron chi connectivity index (χ3n) is 3.82. The number of aryl methyl sites for hydroxylation is 1. The number of nitrogens with zero attached hydrogens (tertiary/aromatic N) is 3. The van der Waals surface area contributed by atoms with Gasteiger partial charge in [-0.3, -0.25) is 4.79 Å². The first-order valence-electron chi connectivity index (χ1n) is 7.06. The Bertz CT molecular complexity index is 677. The highest BCUT2D eigenvalue weighted by Gasteiger charge is 2.31. The summed E-state index contributed by atoms with van der Waals surface area (Å²) in [6.45, 7) is 1.27. The molecule has 1 aliphatic heterocycles. The molecule has 2 aromatic heterocycles. The predicted molar refractivity (Wildman–Crippen MR) is 78.2 cm³/mol. The van der Waals surface area contributed by atoms with Crippen molar-refractivity contribution < 1.29 is 9.15 Å². The van der Waals surface area contributed by atoms with Gasteiger partial charge in [-0.25, -0.2) is 4.98 Å². The van der Waals surface area contributed by atoms with Crippen LogP contribution in [-0.2, 0) is 18.4 Å². The lowest BCUT2D eigenvalue weighted by Gasteiger charge is -2.23. The molecule has 3 heterocycles. The van der Waals surface area contributed by atoms with Crippen LogP contribution in [0.4, 0.5) is 5.82 Å². The molecule has 0 bridgehead atoms. The van der Waals surface area contributed by atoms with Crippen molar-refractivity contribution in [1.82, 2.24) is 9.55 Å². The number of hydrogen-bond donors (Lipinski definition) is 0. The van der Waals surface area contributed by atoms with Crippen molar-refractivity contribution in [2.45, 2.75) is 25.5 Å². The van der Waals surface area contributed by atoms with Gasteiger partial charge in [0.05, 0.1) is 6.04 Å². The van der Waals surface area contributed by atoms with E-state index in [0.717, 1.165) is 30.9 Å². The lowest BCUT2D eigenvalue weighted by molar-refractivity contribution is 0.162. The van der Waals surface area contributed by atoms with E-state index in [1.54, 1.807) is 31.1 Å². The van der Waals surface area contributed by atoms with Crippen molar-refractivity contribution in [1.29, 1.82) is 0 Å². The molecule has 1 atom stereocenters. The Hall–Kier alpha value is -2.08. The summed E-state index contributed by atoms with van der Waals surface area (Å²) in [6.07, 6.45) is 5.30. The van der Waals surface area contributed by atoms with Crippen LogP contribution in [0.1, 0.15) is 30.4 Å². The van der Waals surface area contributed by atoms with Crippen LogP contribution in [0.3, 0.4) is 0 Å². The Morgan fingerprint density at radius 3 is 3.14 bits per heavy atom. The van der Waals surface area contributed by atoms with E-state index < -0.39 is 0 Å². The third kappa shape index (κ3) is 2.58. The molecule has 1 aliphatic rings. The Balaban J connectivity index is 1.91. The lowest BCUT2D eigenvalue weighted by atomic mass is 10.1. The molecule has 0 amide bonds. The summed E-state index contributed by atoms with van der Waals surface area (Å²) in [4.78, 5) is 18.6. The summed E-state index contributed by atoms with van der Waals surface area (Å²) in [5.74, 6) is 2.16. The Kier molecular flexibility index (Phi) is 3.79. The Morgan fingerprint density at radius 2 is 2.33 bits per heavy atom. The number of aromatic nitrogens is 2. The largest absolute Gasteiger partial charge is 0.461 e. The molecule has 21 heavy (non-hydrogen) atoms. The minimum Gasteiger partial charge on any atom is -0.461 e. The van der Waals surface area contributed by atoms with Crippen molar-refractivity contribution in [2.24, 2.45) is 7.05 Å². The van der Waals surface area contributed by atoms with Crippen LogP contribution in [0.5, 0.6) is 0 Å². The first-order valence-corrected chi connectivity index (χ1v) is 7.06. The molecule has 3 rings (SSSR count). The highest BCUT2D eigenvalue weighted by Crippen LogP contribution is 2.34.